The smallest absolute Gasteiger partial charge is 0.270 e. The Labute approximate surface area is 235 Å². The molecule has 0 saturated carbocycles. The molecule has 0 radical (unpaired) electrons. The minimum Gasteiger partial charge on any atom is -0.416 e. The Morgan fingerprint density at radius 2 is 1.95 bits per heavy atom. The summed E-state index contributed by atoms with van der Waals surface area (Å²) in [5, 5.41) is 25.4. The summed E-state index contributed by atoms with van der Waals surface area (Å²) in [5.41, 5.74) is 3.64. The molecule has 5 aromatic rings. The van der Waals surface area contributed by atoms with Crippen LogP contribution < -0.4 is 10.2 Å². The summed E-state index contributed by atoms with van der Waals surface area (Å²) < 4.78 is 7.84. The van der Waals surface area contributed by atoms with Gasteiger partial charge in [-0.3, -0.25) is 9.20 Å². The van der Waals surface area contributed by atoms with Gasteiger partial charge in [0.1, 0.15) is 17.2 Å². The van der Waals surface area contributed by atoms with Crippen molar-refractivity contribution in [1.29, 1.82) is 0 Å². The standard InChI is InChI=1S/C29H31N7O3S/c1-18(2)14-21(16-37)31-27(38)25-24(20-9-13-40-17-20)32-26-22(6-5-12-36(25)26)29-34-33-28(39-29)19-7-8-23(30-15-19)35-10-3-4-11-35/h5-9,12-13,15,17-18,21,37H,3-4,10-11,14,16H2,1-2H3,(H,31,38)/t21-/m0/s1. The van der Waals surface area contributed by atoms with Crippen molar-refractivity contribution >= 4 is 28.7 Å². The maximum absolute atomic E-state index is 13.6. The largest absolute Gasteiger partial charge is 0.416 e. The first kappa shape index (κ1) is 26.1. The lowest BCUT2D eigenvalue weighted by molar-refractivity contribution is 0.0903. The zero-order valence-corrected chi connectivity index (χ0v) is 23.3. The summed E-state index contributed by atoms with van der Waals surface area (Å²) in [6.45, 7) is 6.03. The zero-order valence-electron chi connectivity index (χ0n) is 22.4. The lowest BCUT2D eigenvalue weighted by Crippen LogP contribution is -2.39. The van der Waals surface area contributed by atoms with Crippen LogP contribution in [0.5, 0.6) is 0 Å². The molecule has 0 aliphatic carbocycles. The fourth-order valence-electron chi connectivity index (χ4n) is 5.15. The minimum absolute atomic E-state index is 0.141. The number of carbonyl (C=O) groups is 1. The van der Waals surface area contributed by atoms with Gasteiger partial charge in [0, 0.05) is 36.4 Å². The molecule has 11 heteroatoms. The number of imidazole rings is 1. The molecular formula is C29H31N7O3S. The van der Waals surface area contributed by atoms with Gasteiger partial charge in [0.25, 0.3) is 11.8 Å². The Kier molecular flexibility index (Phi) is 7.31. The first-order valence-corrected chi connectivity index (χ1v) is 14.5. The molecule has 5 aromatic heterocycles. The Hall–Kier alpha value is -4.09. The molecule has 1 aliphatic rings. The normalized spacial score (nSPS) is 14.3. The highest BCUT2D eigenvalue weighted by molar-refractivity contribution is 7.08. The van der Waals surface area contributed by atoms with Crippen LogP contribution in [0.1, 0.15) is 43.6 Å². The number of amides is 1. The van der Waals surface area contributed by atoms with Crippen LogP contribution in [0.4, 0.5) is 5.82 Å². The number of thiophene rings is 1. The number of nitrogens with one attached hydrogen (secondary N) is 1. The van der Waals surface area contributed by atoms with Crippen LogP contribution in [0, 0.1) is 5.92 Å². The van der Waals surface area contributed by atoms with Crippen molar-refractivity contribution in [3.8, 4) is 34.2 Å². The van der Waals surface area contributed by atoms with Gasteiger partial charge in [-0.25, -0.2) is 9.97 Å². The second-order valence-corrected chi connectivity index (χ2v) is 11.2. The lowest BCUT2D eigenvalue weighted by Gasteiger charge is -2.18. The third-order valence-electron chi connectivity index (χ3n) is 7.05. The Morgan fingerprint density at radius 3 is 2.65 bits per heavy atom. The van der Waals surface area contributed by atoms with E-state index in [0.717, 1.165) is 30.0 Å². The predicted octanol–water partition coefficient (Wildman–Crippen LogP) is 4.91. The molecule has 6 heterocycles. The number of fused-ring (bicyclic) bond motifs is 1. The number of aliphatic hydroxyl groups excluding tert-OH is 1. The van der Waals surface area contributed by atoms with Crippen LogP contribution in [0.3, 0.4) is 0 Å². The van der Waals surface area contributed by atoms with Crippen molar-refractivity contribution in [2.24, 2.45) is 5.92 Å². The Balaban J connectivity index is 1.36. The van der Waals surface area contributed by atoms with Crippen LogP contribution in [0.2, 0.25) is 0 Å². The molecule has 1 aliphatic heterocycles. The summed E-state index contributed by atoms with van der Waals surface area (Å²) in [7, 11) is 0. The van der Waals surface area contributed by atoms with Crippen LogP contribution >= 0.6 is 11.3 Å². The zero-order chi connectivity index (χ0) is 27.6. The average Bonchev–Trinajstić information content (AvgIpc) is 3.78. The van der Waals surface area contributed by atoms with Crippen molar-refractivity contribution in [2.75, 3.05) is 24.6 Å². The number of hydrogen-bond acceptors (Lipinski definition) is 9. The highest BCUT2D eigenvalue weighted by Crippen LogP contribution is 2.32. The molecule has 2 N–H and O–H groups in total. The van der Waals surface area contributed by atoms with Crippen LogP contribution in [-0.4, -0.2) is 61.3 Å². The number of rotatable bonds is 9. The van der Waals surface area contributed by atoms with Gasteiger partial charge in [0.2, 0.25) is 5.89 Å². The van der Waals surface area contributed by atoms with Crippen molar-refractivity contribution in [2.45, 2.75) is 39.2 Å². The van der Waals surface area contributed by atoms with Crippen LogP contribution in [-0.2, 0) is 0 Å². The van der Waals surface area contributed by atoms with E-state index in [1.807, 2.05) is 41.1 Å². The van der Waals surface area contributed by atoms with Gasteiger partial charge < -0.3 is 19.7 Å². The maximum atomic E-state index is 13.6. The molecule has 0 aromatic carbocycles. The molecule has 6 rings (SSSR count). The average molecular weight is 558 g/mol. The van der Waals surface area contributed by atoms with Gasteiger partial charge in [0.05, 0.1) is 23.8 Å². The van der Waals surface area contributed by atoms with Gasteiger partial charge in [-0.15, -0.1) is 10.2 Å². The SMILES string of the molecule is CC(C)C[C@@H](CO)NC(=O)c1c(-c2ccsc2)nc2c(-c3nnc(-c4ccc(N5CCCC5)nc4)o3)cccn12. The van der Waals surface area contributed by atoms with Crippen molar-refractivity contribution in [3.05, 3.63) is 59.2 Å². The molecule has 1 fully saturated rings. The first-order valence-electron chi connectivity index (χ1n) is 13.5. The van der Waals surface area contributed by atoms with Gasteiger partial charge in [0.15, 0.2) is 5.65 Å². The molecule has 0 bridgehead atoms. The van der Waals surface area contributed by atoms with E-state index in [4.69, 9.17) is 9.40 Å². The highest BCUT2D eigenvalue weighted by Gasteiger charge is 2.26. The molecule has 0 spiro atoms. The van der Waals surface area contributed by atoms with E-state index in [1.54, 1.807) is 16.8 Å². The number of anilines is 1. The van der Waals surface area contributed by atoms with Crippen LogP contribution in [0.15, 0.2) is 57.9 Å². The number of aliphatic hydroxyl groups is 1. The molecule has 40 heavy (non-hydrogen) atoms. The van der Waals surface area contributed by atoms with Crippen molar-refractivity contribution < 1.29 is 14.3 Å². The highest BCUT2D eigenvalue weighted by atomic mass is 32.1. The third-order valence-corrected chi connectivity index (χ3v) is 7.73. The Bertz CT molecular complexity index is 1600. The van der Waals surface area contributed by atoms with Gasteiger partial charge in [-0.1, -0.05) is 13.8 Å². The summed E-state index contributed by atoms with van der Waals surface area (Å²) >= 11 is 1.53. The third kappa shape index (κ3) is 5.09. The minimum atomic E-state index is -0.361. The summed E-state index contributed by atoms with van der Waals surface area (Å²) in [6, 6.07) is 9.18. The number of pyridine rings is 2. The molecule has 10 nitrogen and oxygen atoms in total. The molecule has 206 valence electrons. The number of aromatic nitrogens is 5. The second-order valence-electron chi connectivity index (χ2n) is 10.4. The monoisotopic (exact) mass is 557 g/mol. The first-order chi connectivity index (χ1) is 19.5. The predicted molar refractivity (Wildman–Crippen MR) is 154 cm³/mol. The summed E-state index contributed by atoms with van der Waals surface area (Å²) in [4.78, 5) is 25.4. The van der Waals surface area contributed by atoms with E-state index < -0.39 is 0 Å². The number of nitrogens with zero attached hydrogens (tertiary/aromatic N) is 6. The second kappa shape index (κ2) is 11.2. The van der Waals surface area contributed by atoms with E-state index in [2.05, 4.69) is 39.2 Å². The van der Waals surface area contributed by atoms with Gasteiger partial charge in [-0.05, 0) is 60.9 Å². The Morgan fingerprint density at radius 1 is 1.12 bits per heavy atom. The maximum Gasteiger partial charge on any atom is 0.270 e. The molecule has 1 saturated heterocycles. The molecule has 1 amide bonds. The fourth-order valence-corrected chi connectivity index (χ4v) is 5.79. The summed E-state index contributed by atoms with van der Waals surface area (Å²) in [5.74, 6) is 1.62. The van der Waals surface area contributed by atoms with Gasteiger partial charge in [-0.2, -0.15) is 11.3 Å². The molecule has 0 unspecified atom stereocenters. The van der Waals surface area contributed by atoms with E-state index in [0.29, 0.717) is 46.7 Å². The van der Waals surface area contributed by atoms with Crippen LogP contribution in [0.25, 0.3) is 39.8 Å². The topological polar surface area (TPSA) is 122 Å². The molecule has 1 atom stereocenters. The van der Waals surface area contributed by atoms with E-state index >= 15 is 0 Å². The van der Waals surface area contributed by atoms with E-state index in [-0.39, 0.29) is 18.6 Å². The van der Waals surface area contributed by atoms with E-state index in [1.165, 1.54) is 24.2 Å². The van der Waals surface area contributed by atoms with Gasteiger partial charge >= 0.3 is 0 Å². The number of carbonyl (C=O) groups excluding carboxylic acids is 1. The quantitative estimate of drug-likeness (QED) is 0.262. The van der Waals surface area contributed by atoms with E-state index in [9.17, 15) is 9.90 Å². The summed E-state index contributed by atoms with van der Waals surface area (Å²) in [6.07, 6.45) is 6.59. The van der Waals surface area contributed by atoms with Crippen molar-refractivity contribution in [3.63, 3.8) is 0 Å². The number of hydrogen-bond donors (Lipinski definition) is 2. The van der Waals surface area contributed by atoms with Crippen molar-refractivity contribution in [1.82, 2.24) is 29.9 Å². The molecular weight excluding hydrogens is 526 g/mol. The fraction of sp³-hybridized carbons (Fsp3) is 0.345. The lowest BCUT2D eigenvalue weighted by atomic mass is 10.0.